The molecule has 0 saturated carbocycles. The first-order chi connectivity index (χ1) is 9.47. The molecule has 0 aliphatic heterocycles. The summed E-state index contributed by atoms with van der Waals surface area (Å²) in [7, 11) is 0. The van der Waals surface area contributed by atoms with Gasteiger partial charge in [0.1, 0.15) is 0 Å². The Kier molecular flexibility index (Phi) is 4.14. The molecule has 0 saturated heterocycles. The van der Waals surface area contributed by atoms with Crippen molar-refractivity contribution in [3.63, 3.8) is 0 Å². The fourth-order valence-corrected chi connectivity index (χ4v) is 2.52. The third kappa shape index (κ3) is 3.21. The third-order valence-corrected chi connectivity index (χ3v) is 3.59. The lowest BCUT2D eigenvalue weighted by atomic mass is 10.1. The quantitative estimate of drug-likeness (QED) is 0.907. The van der Waals surface area contributed by atoms with Gasteiger partial charge >= 0.3 is 5.97 Å². The van der Waals surface area contributed by atoms with Gasteiger partial charge in [-0.15, -0.1) is 11.3 Å². The van der Waals surface area contributed by atoms with Crippen molar-refractivity contribution in [1.29, 1.82) is 0 Å². The topological polar surface area (TPSA) is 79.3 Å². The van der Waals surface area contributed by atoms with Crippen molar-refractivity contribution in [2.75, 3.05) is 5.32 Å². The maximum atomic E-state index is 11.9. The molecule has 0 aliphatic carbocycles. The van der Waals surface area contributed by atoms with Crippen LogP contribution in [0.2, 0.25) is 0 Å². The summed E-state index contributed by atoms with van der Waals surface area (Å²) in [5.41, 5.74) is 1.74. The second-order valence-electron chi connectivity index (χ2n) is 4.39. The Labute approximate surface area is 120 Å². The monoisotopic (exact) mass is 290 g/mol. The van der Waals surface area contributed by atoms with E-state index in [4.69, 9.17) is 0 Å². The maximum Gasteiger partial charge on any atom is 0.338 e. The second kappa shape index (κ2) is 5.83. The van der Waals surface area contributed by atoms with Crippen LogP contribution in [-0.4, -0.2) is 22.0 Å². The van der Waals surface area contributed by atoms with Crippen molar-refractivity contribution in [2.24, 2.45) is 0 Å². The molecule has 2 N–H and O–H groups in total. The molecule has 1 aromatic carbocycles. The number of carboxylic acids is 1. The van der Waals surface area contributed by atoms with E-state index in [0.29, 0.717) is 16.9 Å². The average Bonchev–Trinajstić information content (AvgIpc) is 2.74. The first-order valence-corrected chi connectivity index (χ1v) is 6.89. The summed E-state index contributed by atoms with van der Waals surface area (Å²) in [5.74, 6) is -1.33. The lowest BCUT2D eigenvalue weighted by molar-refractivity contribution is -0.115. The number of thiazole rings is 1. The molecular weight excluding hydrogens is 276 g/mol. The predicted molar refractivity (Wildman–Crippen MR) is 77.3 cm³/mol. The Morgan fingerprint density at radius 1 is 1.35 bits per heavy atom. The fourth-order valence-electron chi connectivity index (χ4n) is 1.90. The van der Waals surface area contributed by atoms with E-state index in [0.717, 1.165) is 5.01 Å². The lowest BCUT2D eigenvalue weighted by Crippen LogP contribution is -2.17. The van der Waals surface area contributed by atoms with Gasteiger partial charge in [-0.05, 0) is 25.5 Å². The number of aromatic nitrogens is 1. The number of aromatic carboxylic acids is 1. The molecule has 0 spiro atoms. The van der Waals surface area contributed by atoms with Gasteiger partial charge in [0.25, 0.3) is 0 Å². The Morgan fingerprint density at radius 3 is 2.70 bits per heavy atom. The number of carbonyl (C=O) groups excluding carboxylic acids is 1. The van der Waals surface area contributed by atoms with Gasteiger partial charge in [0.05, 0.1) is 28.4 Å². The van der Waals surface area contributed by atoms with E-state index in [1.165, 1.54) is 11.3 Å². The van der Waals surface area contributed by atoms with Gasteiger partial charge in [-0.2, -0.15) is 0 Å². The second-order valence-corrected chi connectivity index (χ2v) is 5.45. The largest absolute Gasteiger partial charge is 0.478 e. The standard InChI is InChI=1S/C14H14N2O3S/c1-8-4-3-5-11(13(8)14(18)19)16-12(17)6-10-7-20-9(2)15-10/h3-5,7H,6H2,1-2H3,(H,16,17)(H,18,19). The number of carbonyl (C=O) groups is 2. The van der Waals surface area contributed by atoms with Crippen LogP contribution in [0.3, 0.4) is 0 Å². The van der Waals surface area contributed by atoms with E-state index in [-0.39, 0.29) is 17.9 Å². The van der Waals surface area contributed by atoms with Crippen LogP contribution in [-0.2, 0) is 11.2 Å². The molecule has 0 unspecified atom stereocenters. The Bertz CT molecular complexity index is 664. The lowest BCUT2D eigenvalue weighted by Gasteiger charge is -2.10. The van der Waals surface area contributed by atoms with Gasteiger partial charge in [-0.1, -0.05) is 12.1 Å². The molecule has 1 amide bonds. The molecule has 6 heteroatoms. The van der Waals surface area contributed by atoms with Crippen molar-refractivity contribution < 1.29 is 14.7 Å². The highest BCUT2D eigenvalue weighted by Gasteiger charge is 2.15. The number of anilines is 1. The summed E-state index contributed by atoms with van der Waals surface area (Å²) < 4.78 is 0. The molecule has 2 rings (SSSR count). The van der Waals surface area contributed by atoms with Crippen molar-refractivity contribution >= 4 is 28.9 Å². The Hall–Kier alpha value is -2.21. The molecule has 104 valence electrons. The number of carboxylic acid groups (broad SMARTS) is 1. The summed E-state index contributed by atoms with van der Waals surface area (Å²) in [6.45, 7) is 3.57. The number of nitrogens with zero attached hydrogens (tertiary/aromatic N) is 1. The van der Waals surface area contributed by atoms with E-state index in [1.54, 1.807) is 25.1 Å². The average molecular weight is 290 g/mol. The summed E-state index contributed by atoms with van der Waals surface area (Å²) in [4.78, 5) is 27.4. The van der Waals surface area contributed by atoms with E-state index in [1.807, 2.05) is 12.3 Å². The summed E-state index contributed by atoms with van der Waals surface area (Å²) in [5, 5.41) is 14.5. The number of benzene rings is 1. The minimum absolute atomic E-state index is 0.121. The molecule has 0 fully saturated rings. The first kappa shape index (κ1) is 14.2. The zero-order chi connectivity index (χ0) is 14.7. The number of nitrogens with one attached hydrogen (secondary N) is 1. The minimum atomic E-state index is -1.05. The molecule has 20 heavy (non-hydrogen) atoms. The van der Waals surface area contributed by atoms with Crippen LogP contribution in [0, 0.1) is 13.8 Å². The highest BCUT2D eigenvalue weighted by atomic mass is 32.1. The zero-order valence-electron chi connectivity index (χ0n) is 11.1. The summed E-state index contributed by atoms with van der Waals surface area (Å²) in [6.07, 6.45) is 0.136. The van der Waals surface area contributed by atoms with Gasteiger partial charge < -0.3 is 10.4 Å². The SMILES string of the molecule is Cc1nc(CC(=O)Nc2cccc(C)c2C(=O)O)cs1. The molecular formula is C14H14N2O3S. The van der Waals surface area contributed by atoms with Crippen LogP contribution < -0.4 is 5.32 Å². The number of hydrogen-bond acceptors (Lipinski definition) is 4. The molecule has 0 bridgehead atoms. The van der Waals surface area contributed by atoms with E-state index < -0.39 is 5.97 Å². The molecule has 5 nitrogen and oxygen atoms in total. The van der Waals surface area contributed by atoms with Crippen molar-refractivity contribution in [3.8, 4) is 0 Å². The van der Waals surface area contributed by atoms with Gasteiger partial charge in [0.15, 0.2) is 0 Å². The van der Waals surface area contributed by atoms with Gasteiger partial charge in [0.2, 0.25) is 5.91 Å². The summed E-state index contributed by atoms with van der Waals surface area (Å²) >= 11 is 1.48. The first-order valence-electron chi connectivity index (χ1n) is 6.01. The van der Waals surface area contributed by atoms with Crippen LogP contribution >= 0.6 is 11.3 Å². The maximum absolute atomic E-state index is 11.9. The predicted octanol–water partition coefficient (Wildman–Crippen LogP) is 2.64. The van der Waals surface area contributed by atoms with Crippen LogP contribution in [0.5, 0.6) is 0 Å². The number of aryl methyl sites for hydroxylation is 2. The minimum Gasteiger partial charge on any atom is -0.478 e. The van der Waals surface area contributed by atoms with Crippen LogP contribution in [0.25, 0.3) is 0 Å². The van der Waals surface area contributed by atoms with Crippen molar-refractivity contribution in [3.05, 3.63) is 45.4 Å². The van der Waals surface area contributed by atoms with E-state index in [9.17, 15) is 14.7 Å². The molecule has 1 heterocycles. The molecule has 0 aliphatic rings. The van der Waals surface area contributed by atoms with Crippen LogP contribution in [0.1, 0.15) is 26.6 Å². The molecule has 0 radical (unpaired) electrons. The van der Waals surface area contributed by atoms with Crippen LogP contribution in [0.4, 0.5) is 5.69 Å². The van der Waals surface area contributed by atoms with E-state index >= 15 is 0 Å². The smallest absolute Gasteiger partial charge is 0.338 e. The number of rotatable bonds is 4. The number of hydrogen-bond donors (Lipinski definition) is 2. The normalized spacial score (nSPS) is 10.3. The van der Waals surface area contributed by atoms with E-state index in [2.05, 4.69) is 10.3 Å². The third-order valence-electron chi connectivity index (χ3n) is 2.77. The van der Waals surface area contributed by atoms with Crippen molar-refractivity contribution in [2.45, 2.75) is 20.3 Å². The number of amides is 1. The van der Waals surface area contributed by atoms with Gasteiger partial charge in [-0.3, -0.25) is 4.79 Å². The molecule has 2 aromatic rings. The Morgan fingerprint density at radius 2 is 2.10 bits per heavy atom. The zero-order valence-corrected chi connectivity index (χ0v) is 12.0. The van der Waals surface area contributed by atoms with Gasteiger partial charge in [0, 0.05) is 5.38 Å². The fraction of sp³-hybridized carbons (Fsp3) is 0.214. The highest BCUT2D eigenvalue weighted by Crippen LogP contribution is 2.20. The molecule has 0 atom stereocenters. The van der Waals surface area contributed by atoms with Gasteiger partial charge in [-0.25, -0.2) is 9.78 Å². The molecule has 1 aromatic heterocycles. The Balaban J connectivity index is 2.16. The van der Waals surface area contributed by atoms with Crippen LogP contribution in [0.15, 0.2) is 23.6 Å². The van der Waals surface area contributed by atoms with Crippen molar-refractivity contribution in [1.82, 2.24) is 4.98 Å². The highest BCUT2D eigenvalue weighted by molar-refractivity contribution is 7.09. The summed E-state index contributed by atoms with van der Waals surface area (Å²) in [6, 6.07) is 4.99.